The molecule has 1 saturated heterocycles. The number of imide groups is 1. The zero-order valence-electron chi connectivity index (χ0n) is 20.7. The topological polar surface area (TPSA) is 62.3 Å². The summed E-state index contributed by atoms with van der Waals surface area (Å²) in [6.07, 6.45) is 6.67. The summed E-state index contributed by atoms with van der Waals surface area (Å²) >= 11 is 0. The van der Waals surface area contributed by atoms with Crippen molar-refractivity contribution in [3.8, 4) is 11.5 Å². The Bertz CT molecular complexity index is 859. The normalized spacial score (nSPS) is 17.3. The Labute approximate surface area is 198 Å². The predicted molar refractivity (Wildman–Crippen MR) is 130 cm³/mol. The average molecular weight is 458 g/mol. The second-order valence-corrected chi connectivity index (χ2v) is 8.74. The van der Waals surface area contributed by atoms with Crippen molar-refractivity contribution >= 4 is 17.4 Å². The van der Waals surface area contributed by atoms with E-state index in [1.807, 2.05) is 6.07 Å². The van der Waals surface area contributed by atoms with E-state index in [1.54, 1.807) is 26.4 Å². The minimum Gasteiger partial charge on any atom is -0.493 e. The first-order valence-electron chi connectivity index (χ1n) is 12.4. The van der Waals surface area contributed by atoms with Crippen LogP contribution in [0.25, 0.3) is 5.57 Å². The van der Waals surface area contributed by atoms with Gasteiger partial charge in [0.15, 0.2) is 11.5 Å². The van der Waals surface area contributed by atoms with Gasteiger partial charge in [-0.05, 0) is 30.7 Å². The third-order valence-electron chi connectivity index (χ3n) is 6.69. The standard InChI is InChI=1S/C26H39N3O4/c1-5-7-8-9-10-11-14-29-25(30)23(20-12-13-21(32-3)22(19-20)33-4)24(26(29)31)28-17-15-27(6-2)16-18-28/h12-13,19H,5-11,14-18H2,1-4H3. The maximum atomic E-state index is 13.5. The number of hydrogen-bond donors (Lipinski definition) is 0. The van der Waals surface area contributed by atoms with Gasteiger partial charge in [-0.2, -0.15) is 0 Å². The van der Waals surface area contributed by atoms with Crippen LogP contribution in [0.4, 0.5) is 0 Å². The molecule has 0 aliphatic carbocycles. The van der Waals surface area contributed by atoms with Gasteiger partial charge in [0.05, 0.1) is 19.8 Å². The minimum absolute atomic E-state index is 0.164. The average Bonchev–Trinajstić information content (AvgIpc) is 3.10. The maximum absolute atomic E-state index is 13.5. The van der Waals surface area contributed by atoms with Gasteiger partial charge in [0.2, 0.25) is 0 Å². The predicted octanol–water partition coefficient (Wildman–Crippen LogP) is 3.78. The number of ether oxygens (including phenoxy) is 2. The number of nitrogens with zero attached hydrogens (tertiary/aromatic N) is 3. The maximum Gasteiger partial charge on any atom is 0.277 e. The molecular weight excluding hydrogens is 418 g/mol. The SMILES string of the molecule is CCCCCCCCN1C(=O)C(c2ccc(OC)c(OC)c2)=C(N2CCN(CC)CC2)C1=O. The van der Waals surface area contributed by atoms with Gasteiger partial charge < -0.3 is 19.3 Å². The van der Waals surface area contributed by atoms with Gasteiger partial charge >= 0.3 is 0 Å². The molecule has 182 valence electrons. The zero-order chi connectivity index (χ0) is 23.8. The van der Waals surface area contributed by atoms with Crippen LogP contribution in [0.5, 0.6) is 11.5 Å². The molecule has 2 aliphatic rings. The lowest BCUT2D eigenvalue weighted by molar-refractivity contribution is -0.137. The van der Waals surface area contributed by atoms with E-state index in [9.17, 15) is 9.59 Å². The zero-order valence-corrected chi connectivity index (χ0v) is 20.7. The van der Waals surface area contributed by atoms with Crippen molar-refractivity contribution in [1.29, 1.82) is 0 Å². The van der Waals surface area contributed by atoms with Crippen LogP contribution in [-0.2, 0) is 9.59 Å². The lowest BCUT2D eigenvalue weighted by Gasteiger charge is -2.36. The highest BCUT2D eigenvalue weighted by molar-refractivity contribution is 6.35. The first kappa shape index (κ1) is 25.1. The van der Waals surface area contributed by atoms with Gasteiger partial charge in [0.1, 0.15) is 5.70 Å². The van der Waals surface area contributed by atoms with Crippen molar-refractivity contribution in [3.05, 3.63) is 29.5 Å². The summed E-state index contributed by atoms with van der Waals surface area (Å²) in [7, 11) is 3.16. The van der Waals surface area contributed by atoms with E-state index in [2.05, 4.69) is 23.6 Å². The van der Waals surface area contributed by atoms with Crippen LogP contribution in [0.3, 0.4) is 0 Å². The first-order chi connectivity index (χ1) is 16.0. The first-order valence-corrected chi connectivity index (χ1v) is 12.4. The number of carbonyl (C=O) groups is 2. The van der Waals surface area contributed by atoms with E-state index in [-0.39, 0.29) is 11.8 Å². The molecule has 2 heterocycles. The molecule has 1 fully saturated rings. The third kappa shape index (κ3) is 5.69. The molecule has 0 radical (unpaired) electrons. The summed E-state index contributed by atoms with van der Waals surface area (Å²) in [5.41, 5.74) is 1.72. The van der Waals surface area contributed by atoms with Crippen molar-refractivity contribution in [3.63, 3.8) is 0 Å². The number of hydrogen-bond acceptors (Lipinski definition) is 6. The van der Waals surface area contributed by atoms with Gasteiger partial charge in [0, 0.05) is 32.7 Å². The van der Waals surface area contributed by atoms with Gasteiger partial charge in [-0.3, -0.25) is 14.5 Å². The van der Waals surface area contributed by atoms with E-state index >= 15 is 0 Å². The molecule has 3 rings (SSSR count). The molecule has 0 spiro atoms. The van der Waals surface area contributed by atoms with Gasteiger partial charge in [-0.15, -0.1) is 0 Å². The van der Waals surface area contributed by atoms with Crippen molar-refractivity contribution in [2.75, 3.05) is 53.5 Å². The summed E-state index contributed by atoms with van der Waals surface area (Å²) in [4.78, 5) is 33.0. The molecule has 0 bridgehead atoms. The van der Waals surface area contributed by atoms with Gasteiger partial charge in [-0.25, -0.2) is 0 Å². The fourth-order valence-electron chi connectivity index (χ4n) is 4.65. The Kier molecular flexibility index (Phi) is 9.18. The number of amides is 2. The second-order valence-electron chi connectivity index (χ2n) is 8.74. The number of piperazine rings is 1. The van der Waals surface area contributed by atoms with Crippen molar-refractivity contribution in [1.82, 2.24) is 14.7 Å². The van der Waals surface area contributed by atoms with Crippen LogP contribution in [0, 0.1) is 0 Å². The van der Waals surface area contributed by atoms with Crippen molar-refractivity contribution in [2.24, 2.45) is 0 Å². The molecule has 2 aliphatic heterocycles. The Morgan fingerprint density at radius 3 is 2.12 bits per heavy atom. The number of likely N-dealkylation sites (N-methyl/N-ethyl adjacent to an activating group) is 1. The molecule has 7 nitrogen and oxygen atoms in total. The number of benzene rings is 1. The highest BCUT2D eigenvalue weighted by Crippen LogP contribution is 2.36. The molecule has 0 unspecified atom stereocenters. The van der Waals surface area contributed by atoms with E-state index in [1.165, 1.54) is 24.2 Å². The molecule has 1 aromatic carbocycles. The minimum atomic E-state index is -0.200. The van der Waals surface area contributed by atoms with E-state index in [0.717, 1.165) is 52.0 Å². The van der Waals surface area contributed by atoms with Crippen molar-refractivity contribution in [2.45, 2.75) is 52.4 Å². The number of carbonyl (C=O) groups excluding carboxylic acids is 2. The molecule has 2 amide bonds. The third-order valence-corrected chi connectivity index (χ3v) is 6.69. The summed E-state index contributed by atoms with van der Waals surface area (Å²) in [6.45, 7) is 9.07. The molecule has 33 heavy (non-hydrogen) atoms. The van der Waals surface area contributed by atoms with E-state index in [4.69, 9.17) is 9.47 Å². The Morgan fingerprint density at radius 2 is 1.48 bits per heavy atom. The smallest absolute Gasteiger partial charge is 0.277 e. The summed E-state index contributed by atoms with van der Waals surface area (Å²) in [5, 5.41) is 0. The largest absolute Gasteiger partial charge is 0.493 e. The molecule has 0 aromatic heterocycles. The van der Waals surface area contributed by atoms with Crippen LogP contribution in [0.1, 0.15) is 57.9 Å². The van der Waals surface area contributed by atoms with Crippen LogP contribution >= 0.6 is 0 Å². The molecule has 0 N–H and O–H groups in total. The summed E-state index contributed by atoms with van der Waals surface area (Å²) in [6, 6.07) is 5.44. The van der Waals surface area contributed by atoms with Crippen LogP contribution in [0.15, 0.2) is 23.9 Å². The van der Waals surface area contributed by atoms with E-state index in [0.29, 0.717) is 34.9 Å². The lowest BCUT2D eigenvalue weighted by Crippen LogP contribution is -2.47. The fraction of sp³-hybridized carbons (Fsp3) is 0.615. The van der Waals surface area contributed by atoms with Crippen LogP contribution < -0.4 is 9.47 Å². The van der Waals surface area contributed by atoms with E-state index < -0.39 is 0 Å². The second kappa shape index (κ2) is 12.1. The monoisotopic (exact) mass is 457 g/mol. The highest BCUT2D eigenvalue weighted by atomic mass is 16.5. The lowest BCUT2D eigenvalue weighted by atomic mass is 10.0. The number of methoxy groups -OCH3 is 2. The molecule has 0 atom stereocenters. The number of unbranched alkanes of at least 4 members (excludes halogenated alkanes) is 5. The Balaban J connectivity index is 1.86. The molecule has 1 aromatic rings. The van der Waals surface area contributed by atoms with Crippen LogP contribution in [0.2, 0.25) is 0 Å². The Morgan fingerprint density at radius 1 is 0.818 bits per heavy atom. The number of rotatable bonds is 12. The van der Waals surface area contributed by atoms with Gasteiger partial charge in [-0.1, -0.05) is 52.0 Å². The molecule has 7 heteroatoms. The molecular formula is C26H39N3O4. The van der Waals surface area contributed by atoms with Crippen molar-refractivity contribution < 1.29 is 19.1 Å². The molecule has 0 saturated carbocycles. The van der Waals surface area contributed by atoms with Crippen LogP contribution in [-0.4, -0.2) is 80.0 Å². The summed E-state index contributed by atoms with van der Waals surface area (Å²) < 4.78 is 10.8. The van der Waals surface area contributed by atoms with Gasteiger partial charge in [0.25, 0.3) is 11.8 Å². The Hall–Kier alpha value is -2.54. The fourth-order valence-corrected chi connectivity index (χ4v) is 4.65. The summed E-state index contributed by atoms with van der Waals surface area (Å²) in [5.74, 6) is 0.782. The highest BCUT2D eigenvalue weighted by Gasteiger charge is 2.42. The quantitative estimate of drug-likeness (QED) is 0.352.